The maximum Gasteiger partial charge on any atom is 0.352 e. The topological polar surface area (TPSA) is 82.1 Å². The van der Waals surface area contributed by atoms with Gasteiger partial charge in [-0.05, 0) is 23.8 Å². The molecule has 0 aromatic heterocycles. The van der Waals surface area contributed by atoms with Crippen LogP contribution in [0.4, 0.5) is 0 Å². The fraction of sp³-hybridized carbons (Fsp3) is 0.167. The molecule has 0 atom stereocenters. The standard InChI is InChI=1S/C12H12O6/c1-8(13)17-18-10-5-3-9(4-6-12(14)15)7-11(10)16-2/h3-7H,1-2H3,(H,14,15). The lowest BCUT2D eigenvalue weighted by Gasteiger charge is -2.08. The van der Waals surface area contributed by atoms with Gasteiger partial charge in [0.1, 0.15) is 0 Å². The van der Waals surface area contributed by atoms with Gasteiger partial charge in [0.05, 0.1) is 7.11 Å². The molecule has 0 aliphatic carbocycles. The molecule has 0 fully saturated rings. The molecule has 6 heteroatoms. The van der Waals surface area contributed by atoms with Crippen LogP contribution in [0.1, 0.15) is 12.5 Å². The predicted octanol–water partition coefficient (Wildman–Crippen LogP) is 1.65. The Balaban J connectivity index is 2.89. The predicted molar refractivity (Wildman–Crippen MR) is 62.1 cm³/mol. The lowest BCUT2D eigenvalue weighted by molar-refractivity contribution is -0.211. The van der Waals surface area contributed by atoms with E-state index >= 15 is 0 Å². The van der Waals surface area contributed by atoms with Crippen LogP contribution in [0.15, 0.2) is 24.3 Å². The normalized spacial score (nSPS) is 10.1. The molecule has 0 amide bonds. The Morgan fingerprint density at radius 2 is 2.00 bits per heavy atom. The lowest BCUT2D eigenvalue weighted by Crippen LogP contribution is -2.04. The Morgan fingerprint density at radius 1 is 1.28 bits per heavy atom. The van der Waals surface area contributed by atoms with Gasteiger partial charge < -0.3 is 9.84 Å². The zero-order valence-corrected chi connectivity index (χ0v) is 9.88. The fourth-order valence-electron chi connectivity index (χ4n) is 1.13. The zero-order valence-electron chi connectivity index (χ0n) is 9.88. The highest BCUT2D eigenvalue weighted by atomic mass is 17.2. The molecule has 0 spiro atoms. The molecule has 1 rings (SSSR count). The summed E-state index contributed by atoms with van der Waals surface area (Å²) in [4.78, 5) is 30.1. The average molecular weight is 252 g/mol. The SMILES string of the molecule is COc1cc(C=CC(=O)O)ccc1OOC(C)=O. The molecule has 0 bridgehead atoms. The second-order valence-electron chi connectivity index (χ2n) is 3.24. The summed E-state index contributed by atoms with van der Waals surface area (Å²) in [5, 5.41) is 8.50. The van der Waals surface area contributed by atoms with Gasteiger partial charge in [-0.25, -0.2) is 9.59 Å². The first-order valence-electron chi connectivity index (χ1n) is 4.97. The van der Waals surface area contributed by atoms with Crippen LogP contribution in [0.5, 0.6) is 11.5 Å². The average Bonchev–Trinajstić information content (AvgIpc) is 2.34. The molecule has 0 aliphatic rings. The monoisotopic (exact) mass is 252 g/mol. The van der Waals surface area contributed by atoms with Crippen molar-refractivity contribution in [2.24, 2.45) is 0 Å². The number of rotatable bonds is 5. The number of aliphatic carboxylic acids is 1. The van der Waals surface area contributed by atoms with Gasteiger partial charge in [-0.1, -0.05) is 6.07 Å². The van der Waals surface area contributed by atoms with Gasteiger partial charge in [0.15, 0.2) is 5.75 Å². The van der Waals surface area contributed by atoms with Crippen LogP contribution >= 0.6 is 0 Å². The summed E-state index contributed by atoms with van der Waals surface area (Å²) in [6.07, 6.45) is 2.40. The first-order chi connectivity index (χ1) is 8.52. The molecule has 6 nitrogen and oxygen atoms in total. The summed E-state index contributed by atoms with van der Waals surface area (Å²) in [6, 6.07) is 4.66. The Bertz CT molecular complexity index is 477. The van der Waals surface area contributed by atoms with Crippen molar-refractivity contribution in [3.63, 3.8) is 0 Å². The Hall–Kier alpha value is -2.50. The van der Waals surface area contributed by atoms with Gasteiger partial charge in [-0.15, -0.1) is 0 Å². The van der Waals surface area contributed by atoms with Crippen molar-refractivity contribution in [1.82, 2.24) is 0 Å². The Morgan fingerprint density at radius 3 is 2.56 bits per heavy atom. The highest BCUT2D eigenvalue weighted by Crippen LogP contribution is 2.28. The van der Waals surface area contributed by atoms with Crippen LogP contribution in [-0.2, 0) is 14.5 Å². The van der Waals surface area contributed by atoms with E-state index in [2.05, 4.69) is 4.89 Å². The molecular formula is C12H12O6. The Labute approximate surface area is 103 Å². The third-order valence-electron chi connectivity index (χ3n) is 1.85. The Kier molecular flexibility index (Phi) is 4.74. The number of ether oxygens (including phenoxy) is 1. The number of methoxy groups -OCH3 is 1. The largest absolute Gasteiger partial charge is 0.493 e. The van der Waals surface area contributed by atoms with E-state index in [1.54, 1.807) is 12.1 Å². The molecule has 0 aliphatic heterocycles. The fourth-order valence-corrected chi connectivity index (χ4v) is 1.13. The molecule has 96 valence electrons. The number of carbonyl (C=O) groups is 2. The van der Waals surface area contributed by atoms with Crippen LogP contribution in [0.25, 0.3) is 6.08 Å². The number of benzene rings is 1. The number of carbonyl (C=O) groups excluding carboxylic acids is 1. The van der Waals surface area contributed by atoms with Crippen molar-refractivity contribution in [3.8, 4) is 11.5 Å². The minimum Gasteiger partial charge on any atom is -0.493 e. The van der Waals surface area contributed by atoms with E-state index in [-0.39, 0.29) is 5.75 Å². The van der Waals surface area contributed by atoms with Gasteiger partial charge in [-0.2, -0.15) is 0 Å². The summed E-state index contributed by atoms with van der Waals surface area (Å²) in [5.74, 6) is -1.09. The highest BCUT2D eigenvalue weighted by Gasteiger charge is 2.07. The van der Waals surface area contributed by atoms with Gasteiger partial charge in [0.2, 0.25) is 5.75 Å². The van der Waals surface area contributed by atoms with E-state index in [1.807, 2.05) is 0 Å². The molecule has 0 saturated heterocycles. The number of carboxylic acid groups (broad SMARTS) is 1. The third kappa shape index (κ3) is 4.17. The smallest absolute Gasteiger partial charge is 0.352 e. The molecular weight excluding hydrogens is 240 g/mol. The summed E-state index contributed by atoms with van der Waals surface area (Å²) in [7, 11) is 1.42. The van der Waals surface area contributed by atoms with Crippen molar-refractivity contribution in [2.45, 2.75) is 6.92 Å². The number of hydrogen-bond donors (Lipinski definition) is 1. The first kappa shape index (κ1) is 13.6. The summed E-state index contributed by atoms with van der Waals surface area (Å²) < 4.78 is 5.03. The summed E-state index contributed by atoms with van der Waals surface area (Å²) in [5.41, 5.74) is 0.615. The van der Waals surface area contributed by atoms with E-state index in [0.29, 0.717) is 11.3 Å². The first-order valence-corrected chi connectivity index (χ1v) is 4.97. The van der Waals surface area contributed by atoms with Crippen molar-refractivity contribution in [2.75, 3.05) is 7.11 Å². The van der Waals surface area contributed by atoms with Gasteiger partial charge >= 0.3 is 11.9 Å². The summed E-state index contributed by atoms with van der Waals surface area (Å²) >= 11 is 0. The third-order valence-corrected chi connectivity index (χ3v) is 1.85. The van der Waals surface area contributed by atoms with Crippen LogP contribution in [-0.4, -0.2) is 24.2 Å². The molecule has 0 radical (unpaired) electrons. The molecule has 0 saturated carbocycles. The molecule has 1 aromatic rings. The highest BCUT2D eigenvalue weighted by molar-refractivity contribution is 5.85. The van der Waals surface area contributed by atoms with Crippen molar-refractivity contribution < 1.29 is 29.2 Å². The van der Waals surface area contributed by atoms with E-state index in [1.165, 1.54) is 26.2 Å². The van der Waals surface area contributed by atoms with Gasteiger partial charge in [0.25, 0.3) is 0 Å². The molecule has 0 unspecified atom stereocenters. The van der Waals surface area contributed by atoms with E-state index < -0.39 is 11.9 Å². The second-order valence-corrected chi connectivity index (χ2v) is 3.24. The van der Waals surface area contributed by atoms with E-state index in [4.69, 9.17) is 14.7 Å². The van der Waals surface area contributed by atoms with E-state index in [9.17, 15) is 9.59 Å². The van der Waals surface area contributed by atoms with Gasteiger partial charge in [-0.3, -0.25) is 9.78 Å². The summed E-state index contributed by atoms with van der Waals surface area (Å²) in [6.45, 7) is 1.20. The maximum atomic E-state index is 10.6. The van der Waals surface area contributed by atoms with Crippen molar-refractivity contribution in [3.05, 3.63) is 29.8 Å². The molecule has 1 aromatic carbocycles. The van der Waals surface area contributed by atoms with Crippen LogP contribution in [0.3, 0.4) is 0 Å². The molecule has 18 heavy (non-hydrogen) atoms. The maximum absolute atomic E-state index is 10.6. The minimum atomic E-state index is -1.05. The minimum absolute atomic E-state index is 0.222. The molecule has 1 N–H and O–H groups in total. The molecule has 0 heterocycles. The van der Waals surface area contributed by atoms with Gasteiger partial charge in [0, 0.05) is 13.0 Å². The zero-order chi connectivity index (χ0) is 13.5. The van der Waals surface area contributed by atoms with Crippen molar-refractivity contribution >= 4 is 18.0 Å². The second kappa shape index (κ2) is 6.29. The quantitative estimate of drug-likeness (QED) is 0.487. The number of hydrogen-bond acceptors (Lipinski definition) is 5. The van der Waals surface area contributed by atoms with Crippen LogP contribution in [0, 0.1) is 0 Å². The van der Waals surface area contributed by atoms with E-state index in [0.717, 1.165) is 6.08 Å². The van der Waals surface area contributed by atoms with Crippen molar-refractivity contribution in [1.29, 1.82) is 0 Å². The lowest BCUT2D eigenvalue weighted by atomic mass is 10.2. The van der Waals surface area contributed by atoms with Crippen LogP contribution < -0.4 is 9.62 Å². The number of carboxylic acids is 1. The van der Waals surface area contributed by atoms with Crippen LogP contribution in [0.2, 0.25) is 0 Å².